The lowest BCUT2D eigenvalue weighted by Crippen LogP contribution is -2.26. The van der Waals surface area contributed by atoms with Crippen LogP contribution in [0, 0.1) is 0 Å². The zero-order valence-electron chi connectivity index (χ0n) is 9.26. The number of hydrogen-bond donors (Lipinski definition) is 3. The predicted molar refractivity (Wildman–Crippen MR) is 67.0 cm³/mol. The van der Waals surface area contributed by atoms with Gasteiger partial charge in [-0.1, -0.05) is 18.6 Å². The van der Waals surface area contributed by atoms with Crippen molar-refractivity contribution in [3.8, 4) is 0 Å². The molecule has 1 aliphatic rings. The molecule has 4 heteroatoms. The van der Waals surface area contributed by atoms with Gasteiger partial charge in [0, 0.05) is 11.6 Å². The minimum Gasteiger partial charge on any atom is -0.399 e. The number of benzene rings is 1. The van der Waals surface area contributed by atoms with Gasteiger partial charge < -0.3 is 17.2 Å². The highest BCUT2D eigenvalue weighted by Gasteiger charge is 2.28. The fourth-order valence-electron chi connectivity index (χ4n) is 2.42. The average Bonchev–Trinajstić information content (AvgIpc) is 2.66. The smallest absolute Gasteiger partial charge is 0.186 e. The van der Waals surface area contributed by atoms with E-state index in [1.54, 1.807) is 0 Å². The Balaban J connectivity index is 2.19. The van der Waals surface area contributed by atoms with E-state index in [0.717, 1.165) is 18.5 Å². The number of hydrogen-bond acceptors (Lipinski definition) is 2. The summed E-state index contributed by atoms with van der Waals surface area (Å²) >= 11 is 0. The van der Waals surface area contributed by atoms with E-state index in [0.29, 0.717) is 5.92 Å². The molecule has 0 aliphatic heterocycles. The van der Waals surface area contributed by atoms with E-state index in [1.165, 1.54) is 12.0 Å². The van der Waals surface area contributed by atoms with Gasteiger partial charge in [-0.05, 0) is 30.5 Å². The molecule has 2 atom stereocenters. The summed E-state index contributed by atoms with van der Waals surface area (Å²) in [6.07, 6.45) is 3.38. The van der Waals surface area contributed by atoms with Gasteiger partial charge in [0.25, 0.3) is 0 Å². The van der Waals surface area contributed by atoms with Crippen LogP contribution in [0.1, 0.15) is 30.7 Å². The van der Waals surface area contributed by atoms with Crippen molar-refractivity contribution in [3.63, 3.8) is 0 Å². The maximum atomic E-state index is 5.67. The van der Waals surface area contributed by atoms with Crippen LogP contribution >= 0.6 is 0 Å². The summed E-state index contributed by atoms with van der Waals surface area (Å²) in [6.45, 7) is 0. The Hall–Kier alpha value is -1.71. The third-order valence-electron chi connectivity index (χ3n) is 3.16. The first-order chi connectivity index (χ1) is 7.66. The van der Waals surface area contributed by atoms with Gasteiger partial charge in [0.15, 0.2) is 5.96 Å². The Labute approximate surface area is 95.5 Å². The van der Waals surface area contributed by atoms with Crippen LogP contribution in [0.3, 0.4) is 0 Å². The van der Waals surface area contributed by atoms with Gasteiger partial charge in [-0.2, -0.15) is 0 Å². The molecule has 1 aromatic carbocycles. The molecule has 1 fully saturated rings. The van der Waals surface area contributed by atoms with Crippen molar-refractivity contribution < 1.29 is 0 Å². The van der Waals surface area contributed by atoms with E-state index in [2.05, 4.69) is 17.1 Å². The highest BCUT2D eigenvalue weighted by Crippen LogP contribution is 2.36. The number of rotatable bonds is 2. The third kappa shape index (κ3) is 2.27. The second-order valence-electron chi connectivity index (χ2n) is 4.33. The summed E-state index contributed by atoms with van der Waals surface area (Å²) < 4.78 is 0. The SMILES string of the molecule is NC(N)=NC1CCCC1c1ccc(N)cc1. The Morgan fingerprint density at radius 2 is 1.81 bits per heavy atom. The van der Waals surface area contributed by atoms with Crippen molar-refractivity contribution in [2.24, 2.45) is 16.5 Å². The van der Waals surface area contributed by atoms with Crippen LogP contribution in [0.2, 0.25) is 0 Å². The number of nitrogens with zero attached hydrogens (tertiary/aromatic N) is 1. The summed E-state index contributed by atoms with van der Waals surface area (Å²) in [5.41, 5.74) is 18.6. The zero-order valence-corrected chi connectivity index (χ0v) is 9.26. The molecular formula is C12H18N4. The maximum absolute atomic E-state index is 5.67. The van der Waals surface area contributed by atoms with Gasteiger partial charge in [-0.3, -0.25) is 0 Å². The molecule has 4 nitrogen and oxygen atoms in total. The van der Waals surface area contributed by atoms with E-state index in [-0.39, 0.29) is 12.0 Å². The van der Waals surface area contributed by atoms with E-state index in [9.17, 15) is 0 Å². The van der Waals surface area contributed by atoms with Crippen LogP contribution in [0.25, 0.3) is 0 Å². The molecule has 86 valence electrons. The van der Waals surface area contributed by atoms with Gasteiger partial charge >= 0.3 is 0 Å². The fraction of sp³-hybridized carbons (Fsp3) is 0.417. The Morgan fingerprint density at radius 3 is 2.44 bits per heavy atom. The lowest BCUT2D eigenvalue weighted by Gasteiger charge is -2.16. The monoisotopic (exact) mass is 218 g/mol. The van der Waals surface area contributed by atoms with Crippen molar-refractivity contribution in [3.05, 3.63) is 29.8 Å². The Kier molecular flexibility index (Phi) is 2.99. The Morgan fingerprint density at radius 1 is 1.12 bits per heavy atom. The first-order valence-corrected chi connectivity index (χ1v) is 5.61. The first-order valence-electron chi connectivity index (χ1n) is 5.61. The fourth-order valence-corrected chi connectivity index (χ4v) is 2.42. The molecule has 0 spiro atoms. The van der Waals surface area contributed by atoms with Crippen molar-refractivity contribution in [2.75, 3.05) is 5.73 Å². The van der Waals surface area contributed by atoms with E-state index in [4.69, 9.17) is 17.2 Å². The summed E-state index contributed by atoms with van der Waals surface area (Å²) in [6, 6.07) is 8.23. The molecule has 0 aromatic heterocycles. The summed E-state index contributed by atoms with van der Waals surface area (Å²) in [5, 5.41) is 0. The first kappa shape index (κ1) is 10.8. The molecular weight excluding hydrogens is 200 g/mol. The zero-order chi connectivity index (χ0) is 11.5. The van der Waals surface area contributed by atoms with Crippen LogP contribution in [0.5, 0.6) is 0 Å². The Bertz CT molecular complexity index is 379. The summed E-state index contributed by atoms with van der Waals surface area (Å²) in [5.74, 6) is 0.620. The van der Waals surface area contributed by atoms with Gasteiger partial charge in [-0.25, -0.2) is 4.99 Å². The molecule has 0 bridgehead atoms. The van der Waals surface area contributed by atoms with E-state index in [1.807, 2.05) is 12.1 Å². The van der Waals surface area contributed by atoms with Crippen LogP contribution in [-0.2, 0) is 0 Å². The molecule has 1 aromatic rings. The molecule has 2 rings (SSSR count). The topological polar surface area (TPSA) is 90.4 Å². The molecule has 0 radical (unpaired) electrons. The van der Waals surface area contributed by atoms with Crippen molar-refractivity contribution in [1.82, 2.24) is 0 Å². The second-order valence-corrected chi connectivity index (χ2v) is 4.33. The predicted octanol–water partition coefficient (Wildman–Crippen LogP) is 1.18. The van der Waals surface area contributed by atoms with Crippen LogP contribution in [0.4, 0.5) is 5.69 Å². The van der Waals surface area contributed by atoms with Crippen molar-refractivity contribution in [1.29, 1.82) is 0 Å². The minimum atomic E-state index is 0.187. The number of nitrogen functional groups attached to an aromatic ring is 1. The molecule has 16 heavy (non-hydrogen) atoms. The summed E-state index contributed by atoms with van der Waals surface area (Å²) in [7, 11) is 0. The largest absolute Gasteiger partial charge is 0.399 e. The highest BCUT2D eigenvalue weighted by atomic mass is 15.0. The highest BCUT2D eigenvalue weighted by molar-refractivity contribution is 5.76. The average molecular weight is 218 g/mol. The van der Waals surface area contributed by atoms with E-state index < -0.39 is 0 Å². The third-order valence-corrected chi connectivity index (χ3v) is 3.16. The molecule has 6 N–H and O–H groups in total. The number of guanidine groups is 1. The van der Waals surface area contributed by atoms with Gasteiger partial charge in [0.2, 0.25) is 0 Å². The van der Waals surface area contributed by atoms with Crippen molar-refractivity contribution in [2.45, 2.75) is 31.2 Å². The van der Waals surface area contributed by atoms with Crippen LogP contribution in [0.15, 0.2) is 29.3 Å². The normalized spacial score (nSPS) is 24.2. The number of anilines is 1. The van der Waals surface area contributed by atoms with Gasteiger partial charge in [0.1, 0.15) is 0 Å². The van der Waals surface area contributed by atoms with Crippen LogP contribution in [-0.4, -0.2) is 12.0 Å². The molecule has 1 saturated carbocycles. The number of nitrogens with two attached hydrogens (primary N) is 3. The standard InChI is InChI=1S/C12H18N4/c13-9-6-4-8(5-7-9)10-2-1-3-11(10)16-12(14)15/h4-7,10-11H,1-3,13H2,(H4,14,15,16). The molecule has 2 unspecified atom stereocenters. The summed E-state index contributed by atoms with van der Waals surface area (Å²) in [4.78, 5) is 4.30. The molecule has 1 aliphatic carbocycles. The lowest BCUT2D eigenvalue weighted by atomic mass is 9.94. The second kappa shape index (κ2) is 4.43. The van der Waals surface area contributed by atoms with Crippen LogP contribution < -0.4 is 17.2 Å². The van der Waals surface area contributed by atoms with Gasteiger partial charge in [-0.15, -0.1) is 0 Å². The lowest BCUT2D eigenvalue weighted by molar-refractivity contribution is 0.614. The minimum absolute atomic E-state index is 0.187. The van der Waals surface area contributed by atoms with E-state index >= 15 is 0 Å². The maximum Gasteiger partial charge on any atom is 0.186 e. The van der Waals surface area contributed by atoms with Crippen molar-refractivity contribution >= 4 is 11.6 Å². The molecule has 0 saturated heterocycles. The molecule has 0 amide bonds. The quantitative estimate of drug-likeness (QED) is 0.395. The molecule has 0 heterocycles. The van der Waals surface area contributed by atoms with Gasteiger partial charge in [0.05, 0.1) is 6.04 Å². The number of aliphatic imine (C=N–C) groups is 1.